The average molecular weight is 312 g/mol. The predicted molar refractivity (Wildman–Crippen MR) is 88.1 cm³/mol. The highest BCUT2D eigenvalue weighted by atomic mass is 35.5. The van der Waals surface area contributed by atoms with Gasteiger partial charge in [0.15, 0.2) is 0 Å². The largest absolute Gasteiger partial charge is 0.354 e. The maximum Gasteiger partial charge on any atom is 0.231 e. The third-order valence-electron chi connectivity index (χ3n) is 4.08. The Morgan fingerprint density at radius 1 is 1.19 bits per heavy atom. The van der Waals surface area contributed by atoms with Gasteiger partial charge in [-0.2, -0.15) is 15.0 Å². The van der Waals surface area contributed by atoms with E-state index in [1.165, 1.54) is 38.5 Å². The molecule has 2 heterocycles. The molecule has 0 saturated carbocycles. The standard InChI is InChI=1S/C15H26ClN5/c1-3-5-8-12(4-2)11-17-14-18-13(16)19-15(20-14)21-9-6-7-10-21/h12H,3-11H2,1-2H3,(H,17,18,19,20). The van der Waals surface area contributed by atoms with Crippen LogP contribution < -0.4 is 10.2 Å². The number of nitrogens with zero attached hydrogens (tertiary/aromatic N) is 4. The highest BCUT2D eigenvalue weighted by Gasteiger charge is 2.17. The Morgan fingerprint density at radius 2 is 1.95 bits per heavy atom. The zero-order valence-electron chi connectivity index (χ0n) is 13.1. The molecule has 5 nitrogen and oxygen atoms in total. The van der Waals surface area contributed by atoms with Crippen LogP contribution in [-0.4, -0.2) is 34.6 Å². The first kappa shape index (κ1) is 16.3. The van der Waals surface area contributed by atoms with Gasteiger partial charge in [0, 0.05) is 19.6 Å². The van der Waals surface area contributed by atoms with Crippen molar-refractivity contribution in [2.75, 3.05) is 29.9 Å². The molecule has 1 fully saturated rings. The second-order valence-corrected chi connectivity index (χ2v) is 6.06. The molecule has 0 amide bonds. The monoisotopic (exact) mass is 311 g/mol. The maximum atomic E-state index is 6.03. The number of hydrogen-bond donors (Lipinski definition) is 1. The lowest BCUT2D eigenvalue weighted by atomic mass is 9.99. The predicted octanol–water partition coefficient (Wildman–Crippen LogP) is 3.75. The average Bonchev–Trinajstić information content (AvgIpc) is 3.01. The molecule has 118 valence electrons. The van der Waals surface area contributed by atoms with Crippen LogP contribution in [-0.2, 0) is 0 Å². The molecule has 0 bridgehead atoms. The molecule has 0 aliphatic carbocycles. The molecule has 1 atom stereocenters. The van der Waals surface area contributed by atoms with Gasteiger partial charge in [-0.1, -0.05) is 33.1 Å². The van der Waals surface area contributed by atoms with Crippen molar-refractivity contribution in [3.05, 3.63) is 5.28 Å². The fourth-order valence-corrected chi connectivity index (χ4v) is 2.81. The molecule has 1 aliphatic heterocycles. The van der Waals surface area contributed by atoms with Gasteiger partial charge in [0.25, 0.3) is 0 Å². The molecule has 1 aromatic rings. The summed E-state index contributed by atoms with van der Waals surface area (Å²) >= 11 is 6.03. The second-order valence-electron chi connectivity index (χ2n) is 5.72. The van der Waals surface area contributed by atoms with E-state index in [1.807, 2.05) is 0 Å². The summed E-state index contributed by atoms with van der Waals surface area (Å²) in [5, 5.41) is 3.61. The summed E-state index contributed by atoms with van der Waals surface area (Å²) in [7, 11) is 0. The summed E-state index contributed by atoms with van der Waals surface area (Å²) < 4.78 is 0. The Balaban J connectivity index is 1.95. The van der Waals surface area contributed by atoms with Gasteiger partial charge in [0.05, 0.1) is 0 Å². The van der Waals surface area contributed by atoms with Gasteiger partial charge in [0.1, 0.15) is 0 Å². The van der Waals surface area contributed by atoms with Crippen LogP contribution in [0.15, 0.2) is 0 Å². The van der Waals surface area contributed by atoms with Gasteiger partial charge >= 0.3 is 0 Å². The molecule has 2 rings (SSSR count). The lowest BCUT2D eigenvalue weighted by molar-refractivity contribution is 0.471. The van der Waals surface area contributed by atoms with Crippen LogP contribution in [0.5, 0.6) is 0 Å². The van der Waals surface area contributed by atoms with Gasteiger partial charge in [0.2, 0.25) is 17.2 Å². The van der Waals surface area contributed by atoms with E-state index in [9.17, 15) is 0 Å². The zero-order chi connectivity index (χ0) is 15.1. The number of hydrogen-bond acceptors (Lipinski definition) is 5. The topological polar surface area (TPSA) is 53.9 Å². The molecule has 1 aromatic heterocycles. The van der Waals surface area contributed by atoms with Crippen molar-refractivity contribution < 1.29 is 0 Å². The minimum atomic E-state index is 0.274. The number of aromatic nitrogens is 3. The maximum absolute atomic E-state index is 6.03. The van der Waals surface area contributed by atoms with Gasteiger partial charge in [-0.3, -0.25) is 0 Å². The Bertz CT molecular complexity index is 434. The quantitative estimate of drug-likeness (QED) is 0.792. The van der Waals surface area contributed by atoms with Gasteiger partial charge in [-0.05, 0) is 36.8 Å². The van der Waals surface area contributed by atoms with Crippen molar-refractivity contribution >= 4 is 23.5 Å². The molecule has 21 heavy (non-hydrogen) atoms. The van der Waals surface area contributed by atoms with Crippen LogP contribution in [0.25, 0.3) is 0 Å². The molecule has 0 radical (unpaired) electrons. The van der Waals surface area contributed by atoms with E-state index in [-0.39, 0.29) is 5.28 Å². The van der Waals surface area contributed by atoms with Crippen LogP contribution in [0, 0.1) is 5.92 Å². The molecule has 1 saturated heterocycles. The van der Waals surface area contributed by atoms with E-state index in [4.69, 9.17) is 11.6 Å². The zero-order valence-corrected chi connectivity index (χ0v) is 13.9. The second kappa shape index (κ2) is 8.37. The minimum absolute atomic E-state index is 0.274. The number of nitrogens with one attached hydrogen (secondary N) is 1. The normalized spacial score (nSPS) is 16.2. The van der Waals surface area contributed by atoms with E-state index < -0.39 is 0 Å². The lowest BCUT2D eigenvalue weighted by Gasteiger charge is -2.18. The Kier molecular flexibility index (Phi) is 6.49. The van der Waals surface area contributed by atoms with Crippen LogP contribution in [0.4, 0.5) is 11.9 Å². The molecule has 0 spiro atoms. The fraction of sp³-hybridized carbons (Fsp3) is 0.800. The summed E-state index contributed by atoms with van der Waals surface area (Å²) in [5.74, 6) is 1.97. The molecule has 6 heteroatoms. The number of halogens is 1. The smallest absolute Gasteiger partial charge is 0.231 e. The van der Waals surface area contributed by atoms with Crippen molar-refractivity contribution in [2.45, 2.75) is 52.4 Å². The first-order valence-electron chi connectivity index (χ1n) is 8.13. The van der Waals surface area contributed by atoms with E-state index in [2.05, 4.69) is 39.0 Å². The first-order valence-corrected chi connectivity index (χ1v) is 8.51. The molecule has 1 aliphatic rings. The fourth-order valence-electron chi connectivity index (χ4n) is 2.66. The summed E-state index contributed by atoms with van der Waals surface area (Å²) in [6.45, 7) is 7.38. The molecule has 0 aromatic carbocycles. The molecular weight excluding hydrogens is 286 g/mol. The number of rotatable bonds is 8. The Morgan fingerprint density at radius 3 is 2.62 bits per heavy atom. The van der Waals surface area contributed by atoms with Gasteiger partial charge in [-0.15, -0.1) is 0 Å². The van der Waals surface area contributed by atoms with Gasteiger partial charge in [-0.25, -0.2) is 0 Å². The Hall–Kier alpha value is -1.10. The van der Waals surface area contributed by atoms with Crippen LogP contribution in [0.2, 0.25) is 5.28 Å². The lowest BCUT2D eigenvalue weighted by Crippen LogP contribution is -2.22. The molecular formula is C15H26ClN5. The summed E-state index contributed by atoms with van der Waals surface area (Å²) in [6, 6.07) is 0. The van der Waals surface area contributed by atoms with Crippen LogP contribution in [0.1, 0.15) is 52.4 Å². The van der Waals surface area contributed by atoms with Crippen molar-refractivity contribution in [1.82, 2.24) is 15.0 Å². The SMILES string of the molecule is CCCCC(CC)CNc1nc(Cl)nc(N2CCCC2)n1. The van der Waals surface area contributed by atoms with Crippen molar-refractivity contribution in [3.63, 3.8) is 0 Å². The van der Waals surface area contributed by atoms with E-state index in [0.717, 1.165) is 19.6 Å². The van der Waals surface area contributed by atoms with Crippen LogP contribution in [0.3, 0.4) is 0 Å². The third kappa shape index (κ3) is 4.99. The summed E-state index contributed by atoms with van der Waals surface area (Å²) in [5.41, 5.74) is 0. The summed E-state index contributed by atoms with van der Waals surface area (Å²) in [6.07, 6.45) is 7.33. The van der Waals surface area contributed by atoms with E-state index in [1.54, 1.807) is 0 Å². The first-order chi connectivity index (χ1) is 10.2. The van der Waals surface area contributed by atoms with Crippen molar-refractivity contribution in [2.24, 2.45) is 5.92 Å². The third-order valence-corrected chi connectivity index (χ3v) is 4.25. The highest BCUT2D eigenvalue weighted by Crippen LogP contribution is 2.19. The van der Waals surface area contributed by atoms with Gasteiger partial charge < -0.3 is 10.2 Å². The molecule has 1 unspecified atom stereocenters. The molecule has 1 N–H and O–H groups in total. The number of unbranched alkanes of at least 4 members (excludes halogenated alkanes) is 1. The van der Waals surface area contributed by atoms with Crippen molar-refractivity contribution in [3.8, 4) is 0 Å². The number of anilines is 2. The van der Waals surface area contributed by atoms with E-state index >= 15 is 0 Å². The van der Waals surface area contributed by atoms with Crippen LogP contribution >= 0.6 is 11.6 Å². The Labute approximate surface area is 132 Å². The van der Waals surface area contributed by atoms with E-state index in [0.29, 0.717) is 17.8 Å². The minimum Gasteiger partial charge on any atom is -0.354 e. The summed E-state index contributed by atoms with van der Waals surface area (Å²) in [4.78, 5) is 15.1. The highest BCUT2D eigenvalue weighted by molar-refractivity contribution is 6.28. The van der Waals surface area contributed by atoms with Crippen molar-refractivity contribution in [1.29, 1.82) is 0 Å².